The fraction of sp³-hybridized carbons (Fsp3) is 0.421. The summed E-state index contributed by atoms with van der Waals surface area (Å²) in [6, 6.07) is 3.63. The first kappa shape index (κ1) is 17.9. The molecule has 0 saturated heterocycles. The van der Waals surface area contributed by atoms with Crippen LogP contribution in [-0.4, -0.2) is 33.9 Å². The van der Waals surface area contributed by atoms with E-state index in [-0.39, 0.29) is 5.97 Å². The third-order valence-corrected chi connectivity index (χ3v) is 3.80. The SMILES string of the molecule is COc1cc([C]=[C]C2=C(COC(C)=O)CCC2)cc(OC)c1OC. The number of carbonyl (C=O) groups is 1. The molecule has 24 heavy (non-hydrogen) atoms. The first-order valence-electron chi connectivity index (χ1n) is 7.75. The summed E-state index contributed by atoms with van der Waals surface area (Å²) in [5.41, 5.74) is 2.92. The zero-order chi connectivity index (χ0) is 17.5. The van der Waals surface area contributed by atoms with Crippen molar-refractivity contribution in [2.45, 2.75) is 26.2 Å². The van der Waals surface area contributed by atoms with Gasteiger partial charge in [0, 0.05) is 6.92 Å². The van der Waals surface area contributed by atoms with E-state index in [2.05, 4.69) is 12.2 Å². The molecule has 0 saturated carbocycles. The molecular formula is C19H22O5. The molecule has 128 valence electrons. The number of esters is 1. The van der Waals surface area contributed by atoms with E-state index in [0.29, 0.717) is 23.9 Å². The van der Waals surface area contributed by atoms with Gasteiger partial charge in [-0.1, -0.05) is 0 Å². The molecule has 2 rings (SSSR count). The smallest absolute Gasteiger partial charge is 0.302 e. The standard InChI is InChI=1S/C19H22O5/c1-13(20)24-12-16-7-5-6-15(16)9-8-14-10-17(21-2)19(23-4)18(11-14)22-3/h10-11H,5-7,12H2,1-4H3. The Morgan fingerprint density at radius 3 is 2.25 bits per heavy atom. The van der Waals surface area contributed by atoms with Gasteiger partial charge in [-0.25, -0.2) is 0 Å². The number of allylic oxidation sites excluding steroid dienone is 2. The van der Waals surface area contributed by atoms with Crippen molar-refractivity contribution in [2.24, 2.45) is 0 Å². The highest BCUT2D eigenvalue weighted by Gasteiger charge is 2.15. The van der Waals surface area contributed by atoms with E-state index in [1.54, 1.807) is 21.3 Å². The normalized spacial score (nSPS) is 14.2. The van der Waals surface area contributed by atoms with Gasteiger partial charge in [-0.2, -0.15) is 0 Å². The van der Waals surface area contributed by atoms with Gasteiger partial charge in [0.2, 0.25) is 5.75 Å². The van der Waals surface area contributed by atoms with E-state index < -0.39 is 0 Å². The minimum Gasteiger partial charge on any atom is -0.493 e. The van der Waals surface area contributed by atoms with Gasteiger partial charge >= 0.3 is 5.97 Å². The molecule has 0 N–H and O–H groups in total. The molecule has 1 aliphatic carbocycles. The molecule has 5 heteroatoms. The van der Waals surface area contributed by atoms with Crippen LogP contribution in [0, 0.1) is 12.2 Å². The van der Waals surface area contributed by atoms with Crippen LogP contribution in [0.1, 0.15) is 31.7 Å². The van der Waals surface area contributed by atoms with E-state index >= 15 is 0 Å². The molecule has 0 amide bonds. The van der Waals surface area contributed by atoms with E-state index in [0.717, 1.165) is 36.0 Å². The first-order valence-corrected chi connectivity index (χ1v) is 7.75. The Balaban J connectivity index is 2.24. The van der Waals surface area contributed by atoms with Gasteiger partial charge in [-0.15, -0.1) is 0 Å². The molecule has 0 aliphatic heterocycles. The van der Waals surface area contributed by atoms with Crippen LogP contribution in [0.5, 0.6) is 17.2 Å². The maximum atomic E-state index is 11.0. The third-order valence-electron chi connectivity index (χ3n) is 3.80. The zero-order valence-electron chi connectivity index (χ0n) is 14.5. The molecule has 1 aromatic rings. The van der Waals surface area contributed by atoms with E-state index in [1.165, 1.54) is 6.92 Å². The minimum absolute atomic E-state index is 0.272. The van der Waals surface area contributed by atoms with Crippen LogP contribution in [-0.2, 0) is 9.53 Å². The summed E-state index contributed by atoms with van der Waals surface area (Å²) in [7, 11) is 4.72. The zero-order valence-corrected chi connectivity index (χ0v) is 14.5. The summed E-state index contributed by atoms with van der Waals surface area (Å²) in [5.74, 6) is 1.41. The average Bonchev–Trinajstić information content (AvgIpc) is 3.04. The monoisotopic (exact) mass is 330 g/mol. The average molecular weight is 330 g/mol. The summed E-state index contributed by atoms with van der Waals surface area (Å²) < 4.78 is 21.1. The van der Waals surface area contributed by atoms with Crippen LogP contribution < -0.4 is 14.2 Å². The quantitative estimate of drug-likeness (QED) is 0.718. The Morgan fingerprint density at radius 2 is 1.71 bits per heavy atom. The summed E-state index contributed by atoms with van der Waals surface area (Å²) in [6.07, 6.45) is 9.21. The van der Waals surface area contributed by atoms with Crippen molar-refractivity contribution in [2.75, 3.05) is 27.9 Å². The Hall–Kier alpha value is -2.43. The molecule has 2 radical (unpaired) electrons. The van der Waals surface area contributed by atoms with Crippen LogP contribution in [0.25, 0.3) is 0 Å². The largest absolute Gasteiger partial charge is 0.493 e. The predicted octanol–water partition coefficient (Wildman–Crippen LogP) is 3.27. The highest BCUT2D eigenvalue weighted by molar-refractivity contribution is 5.66. The molecule has 0 unspecified atom stereocenters. The second-order valence-electron chi connectivity index (χ2n) is 5.38. The van der Waals surface area contributed by atoms with Crippen LogP contribution in [0.2, 0.25) is 0 Å². The van der Waals surface area contributed by atoms with Gasteiger partial charge in [0.05, 0.1) is 21.3 Å². The lowest BCUT2D eigenvalue weighted by atomic mass is 10.1. The fourth-order valence-corrected chi connectivity index (χ4v) is 2.61. The molecule has 0 atom stereocenters. The molecule has 1 aliphatic rings. The molecule has 1 aromatic carbocycles. The minimum atomic E-state index is -0.272. The number of benzene rings is 1. The van der Waals surface area contributed by atoms with Crippen molar-refractivity contribution in [3.8, 4) is 17.2 Å². The van der Waals surface area contributed by atoms with Gasteiger partial charge in [0.1, 0.15) is 6.61 Å². The lowest BCUT2D eigenvalue weighted by Gasteiger charge is -2.12. The second kappa shape index (κ2) is 8.43. The van der Waals surface area contributed by atoms with Gasteiger partial charge in [0.15, 0.2) is 11.5 Å². The number of methoxy groups -OCH3 is 3. The summed E-state index contributed by atoms with van der Waals surface area (Å²) in [6.45, 7) is 1.74. The van der Waals surface area contributed by atoms with Crippen molar-refractivity contribution < 1.29 is 23.7 Å². The maximum absolute atomic E-state index is 11.0. The Kier molecular flexibility index (Phi) is 6.29. The number of rotatable bonds is 7. The third kappa shape index (κ3) is 4.31. The van der Waals surface area contributed by atoms with Gasteiger partial charge in [0.25, 0.3) is 0 Å². The van der Waals surface area contributed by atoms with E-state index in [1.807, 2.05) is 12.1 Å². The van der Waals surface area contributed by atoms with Crippen molar-refractivity contribution >= 4 is 5.97 Å². The van der Waals surface area contributed by atoms with Crippen molar-refractivity contribution in [1.82, 2.24) is 0 Å². The van der Waals surface area contributed by atoms with E-state index in [9.17, 15) is 4.79 Å². The molecule has 0 fully saturated rings. The molecule has 0 bridgehead atoms. The molecule has 0 spiro atoms. The van der Waals surface area contributed by atoms with E-state index in [4.69, 9.17) is 18.9 Å². The molecule has 0 heterocycles. The summed E-state index contributed by atoms with van der Waals surface area (Å²) in [4.78, 5) is 11.0. The van der Waals surface area contributed by atoms with Crippen molar-refractivity contribution in [3.63, 3.8) is 0 Å². The summed E-state index contributed by atoms with van der Waals surface area (Å²) >= 11 is 0. The predicted molar refractivity (Wildman–Crippen MR) is 89.2 cm³/mol. The van der Waals surface area contributed by atoms with Crippen LogP contribution >= 0.6 is 0 Å². The van der Waals surface area contributed by atoms with Gasteiger partial charge in [-0.3, -0.25) is 4.79 Å². The molecular weight excluding hydrogens is 308 g/mol. The van der Waals surface area contributed by atoms with Crippen LogP contribution in [0.3, 0.4) is 0 Å². The maximum Gasteiger partial charge on any atom is 0.302 e. The first-order chi connectivity index (χ1) is 11.6. The Bertz CT molecular complexity index is 633. The van der Waals surface area contributed by atoms with Crippen molar-refractivity contribution in [1.29, 1.82) is 0 Å². The number of carbonyl (C=O) groups excluding carboxylic acids is 1. The molecule has 0 aromatic heterocycles. The van der Waals surface area contributed by atoms with Gasteiger partial charge in [-0.05, 0) is 60.3 Å². The lowest BCUT2D eigenvalue weighted by Crippen LogP contribution is -2.02. The Labute approximate surface area is 142 Å². The topological polar surface area (TPSA) is 54.0 Å². The number of hydrogen-bond acceptors (Lipinski definition) is 5. The number of hydrogen-bond donors (Lipinski definition) is 0. The van der Waals surface area contributed by atoms with Crippen molar-refractivity contribution in [3.05, 3.63) is 41.0 Å². The lowest BCUT2D eigenvalue weighted by molar-refractivity contribution is -0.140. The fourth-order valence-electron chi connectivity index (χ4n) is 2.61. The molecule has 5 nitrogen and oxygen atoms in total. The highest BCUT2D eigenvalue weighted by Crippen LogP contribution is 2.38. The Morgan fingerprint density at radius 1 is 1.04 bits per heavy atom. The highest BCUT2D eigenvalue weighted by atomic mass is 16.5. The van der Waals surface area contributed by atoms with Crippen LogP contribution in [0.4, 0.5) is 0 Å². The van der Waals surface area contributed by atoms with Gasteiger partial charge < -0.3 is 18.9 Å². The second-order valence-corrected chi connectivity index (χ2v) is 5.38. The number of ether oxygens (including phenoxy) is 4. The summed E-state index contributed by atoms with van der Waals surface area (Å²) in [5, 5.41) is 0. The van der Waals surface area contributed by atoms with Crippen LogP contribution in [0.15, 0.2) is 23.3 Å².